The highest BCUT2D eigenvalue weighted by molar-refractivity contribution is 9.10. The van der Waals surface area contributed by atoms with Crippen LogP contribution in [-0.2, 0) is 10.0 Å². The van der Waals surface area contributed by atoms with Crippen molar-refractivity contribution >= 4 is 31.8 Å². The summed E-state index contributed by atoms with van der Waals surface area (Å²) in [6.07, 6.45) is 3.70. The number of halogens is 1. The number of rotatable bonds is 5. The van der Waals surface area contributed by atoms with E-state index >= 15 is 0 Å². The number of hydrogen-bond acceptors (Lipinski definition) is 4. The molecule has 19 heavy (non-hydrogen) atoms. The van der Waals surface area contributed by atoms with E-state index in [2.05, 4.69) is 20.9 Å². The molecular formula is C12H18BrN3O2S. The maximum atomic E-state index is 12.7. The second-order valence-corrected chi connectivity index (χ2v) is 7.92. The Morgan fingerprint density at radius 3 is 2.68 bits per heavy atom. The Hall–Kier alpha value is -0.660. The largest absolute Gasteiger partial charge is 0.383 e. The predicted octanol–water partition coefficient (Wildman–Crippen LogP) is 2.24. The fraction of sp³-hybridized carbons (Fsp3) is 0.583. The molecule has 1 heterocycles. The van der Waals surface area contributed by atoms with Crippen LogP contribution in [-0.4, -0.2) is 30.3 Å². The first-order chi connectivity index (χ1) is 8.82. The summed E-state index contributed by atoms with van der Waals surface area (Å²) >= 11 is 3.24. The summed E-state index contributed by atoms with van der Waals surface area (Å²) in [7, 11) is -3.59. The van der Waals surface area contributed by atoms with Gasteiger partial charge in [0.25, 0.3) is 0 Å². The van der Waals surface area contributed by atoms with Gasteiger partial charge in [0.05, 0.1) is 0 Å². The normalized spacial score (nSPS) is 16.3. The Morgan fingerprint density at radius 1 is 1.53 bits per heavy atom. The molecule has 1 fully saturated rings. The third kappa shape index (κ3) is 3.27. The Bertz CT molecular complexity index is 570. The van der Waals surface area contributed by atoms with Crippen LogP contribution in [0.3, 0.4) is 0 Å². The first-order valence-electron chi connectivity index (χ1n) is 6.25. The summed E-state index contributed by atoms with van der Waals surface area (Å²) in [4.78, 5) is 3.99. The van der Waals surface area contributed by atoms with Crippen molar-refractivity contribution in [1.29, 1.82) is 0 Å². The van der Waals surface area contributed by atoms with Crippen molar-refractivity contribution in [2.75, 3.05) is 12.3 Å². The Labute approximate surface area is 122 Å². The first kappa shape index (κ1) is 14.7. The summed E-state index contributed by atoms with van der Waals surface area (Å²) in [5.41, 5.74) is 5.72. The second kappa shape index (κ2) is 5.38. The van der Waals surface area contributed by atoms with Gasteiger partial charge in [0.2, 0.25) is 10.0 Å². The third-order valence-electron chi connectivity index (χ3n) is 3.15. The van der Waals surface area contributed by atoms with Gasteiger partial charge in [-0.05, 0) is 54.6 Å². The maximum Gasteiger partial charge on any atom is 0.247 e. The molecule has 0 saturated heterocycles. The lowest BCUT2D eigenvalue weighted by atomic mass is 10.3. The number of hydrogen-bond donors (Lipinski definition) is 1. The standard InChI is InChI=1S/C12H18BrN3O2S/c1-8(2)16(7-9-3-4-9)19(17,18)11-5-10(13)6-15-12(11)14/h5-6,8-9H,3-4,7H2,1-2H3,(H2,14,15). The molecule has 5 nitrogen and oxygen atoms in total. The van der Waals surface area contributed by atoms with Gasteiger partial charge < -0.3 is 5.73 Å². The molecule has 1 saturated carbocycles. The lowest BCUT2D eigenvalue weighted by Gasteiger charge is -2.26. The monoisotopic (exact) mass is 347 g/mol. The van der Waals surface area contributed by atoms with Crippen LogP contribution in [0.2, 0.25) is 0 Å². The highest BCUT2D eigenvalue weighted by Crippen LogP contribution is 2.33. The Balaban J connectivity index is 2.40. The number of nitrogen functional groups attached to an aromatic ring is 1. The van der Waals surface area contributed by atoms with Crippen molar-refractivity contribution in [3.05, 3.63) is 16.7 Å². The number of nitrogens with two attached hydrogens (primary N) is 1. The van der Waals surface area contributed by atoms with E-state index in [4.69, 9.17) is 5.73 Å². The van der Waals surface area contributed by atoms with Crippen molar-refractivity contribution in [3.8, 4) is 0 Å². The Morgan fingerprint density at radius 2 is 2.16 bits per heavy atom. The molecule has 106 valence electrons. The highest BCUT2D eigenvalue weighted by atomic mass is 79.9. The molecule has 0 aromatic carbocycles. The molecule has 0 bridgehead atoms. The van der Waals surface area contributed by atoms with Gasteiger partial charge in [0, 0.05) is 23.3 Å². The molecule has 2 N–H and O–H groups in total. The molecule has 0 aliphatic heterocycles. The maximum absolute atomic E-state index is 12.7. The highest BCUT2D eigenvalue weighted by Gasteiger charge is 2.34. The molecule has 0 spiro atoms. The predicted molar refractivity (Wildman–Crippen MR) is 78.1 cm³/mol. The molecule has 1 aliphatic rings. The van der Waals surface area contributed by atoms with E-state index in [1.165, 1.54) is 16.6 Å². The second-order valence-electron chi connectivity index (χ2n) is 5.15. The number of sulfonamides is 1. The molecule has 7 heteroatoms. The molecule has 0 amide bonds. The molecule has 1 aliphatic carbocycles. The number of anilines is 1. The fourth-order valence-corrected chi connectivity index (χ4v) is 4.20. The quantitative estimate of drug-likeness (QED) is 0.885. The number of aromatic nitrogens is 1. The van der Waals surface area contributed by atoms with Crippen molar-refractivity contribution in [1.82, 2.24) is 9.29 Å². The van der Waals surface area contributed by atoms with E-state index in [0.29, 0.717) is 16.9 Å². The lowest BCUT2D eigenvalue weighted by molar-refractivity contribution is 0.342. The average molecular weight is 348 g/mol. The van der Waals surface area contributed by atoms with E-state index < -0.39 is 10.0 Å². The van der Waals surface area contributed by atoms with Crippen LogP contribution in [0.1, 0.15) is 26.7 Å². The van der Waals surface area contributed by atoms with Gasteiger partial charge in [0.15, 0.2) is 0 Å². The topological polar surface area (TPSA) is 76.3 Å². The van der Waals surface area contributed by atoms with Crippen LogP contribution in [0.4, 0.5) is 5.82 Å². The van der Waals surface area contributed by atoms with Crippen molar-refractivity contribution < 1.29 is 8.42 Å². The number of nitrogens with zero attached hydrogens (tertiary/aromatic N) is 2. The third-order valence-corrected chi connectivity index (χ3v) is 5.65. The lowest BCUT2D eigenvalue weighted by Crippen LogP contribution is -2.38. The van der Waals surface area contributed by atoms with Crippen LogP contribution in [0.25, 0.3) is 0 Å². The summed E-state index contributed by atoms with van der Waals surface area (Å²) in [6.45, 7) is 4.31. The number of pyridine rings is 1. The van der Waals surface area contributed by atoms with Gasteiger partial charge in [-0.15, -0.1) is 0 Å². The summed E-state index contributed by atoms with van der Waals surface area (Å²) < 4.78 is 27.5. The first-order valence-corrected chi connectivity index (χ1v) is 8.48. The van der Waals surface area contributed by atoms with E-state index in [9.17, 15) is 8.42 Å². The van der Waals surface area contributed by atoms with E-state index in [-0.39, 0.29) is 16.8 Å². The molecule has 2 rings (SSSR count). The van der Waals surface area contributed by atoms with Crippen molar-refractivity contribution in [2.45, 2.75) is 37.6 Å². The van der Waals surface area contributed by atoms with E-state index in [1.54, 1.807) is 0 Å². The molecule has 0 atom stereocenters. The zero-order valence-corrected chi connectivity index (χ0v) is 13.4. The average Bonchev–Trinajstić information content (AvgIpc) is 3.12. The van der Waals surface area contributed by atoms with Crippen LogP contribution >= 0.6 is 15.9 Å². The fourth-order valence-electron chi connectivity index (χ4n) is 1.91. The molecular weight excluding hydrogens is 330 g/mol. The van der Waals surface area contributed by atoms with Gasteiger partial charge in [-0.2, -0.15) is 4.31 Å². The summed E-state index contributed by atoms with van der Waals surface area (Å²) in [5, 5.41) is 0. The minimum absolute atomic E-state index is 0.0460. The minimum atomic E-state index is -3.59. The van der Waals surface area contributed by atoms with Gasteiger partial charge >= 0.3 is 0 Å². The van der Waals surface area contributed by atoms with E-state index in [1.807, 2.05) is 13.8 Å². The van der Waals surface area contributed by atoms with Gasteiger partial charge in [0.1, 0.15) is 10.7 Å². The van der Waals surface area contributed by atoms with Crippen molar-refractivity contribution in [2.24, 2.45) is 5.92 Å². The molecule has 1 aromatic heterocycles. The molecule has 0 unspecified atom stereocenters. The van der Waals surface area contributed by atoms with E-state index in [0.717, 1.165) is 12.8 Å². The van der Waals surface area contributed by atoms with Gasteiger partial charge in [-0.1, -0.05) is 0 Å². The Kier molecular flexibility index (Phi) is 4.17. The zero-order chi connectivity index (χ0) is 14.2. The summed E-state index contributed by atoms with van der Waals surface area (Å²) in [5.74, 6) is 0.531. The van der Waals surface area contributed by atoms with Crippen LogP contribution in [0.5, 0.6) is 0 Å². The SMILES string of the molecule is CC(C)N(CC1CC1)S(=O)(=O)c1cc(Br)cnc1N. The summed E-state index contributed by atoms with van der Waals surface area (Å²) in [6, 6.07) is 1.42. The molecule has 1 aromatic rings. The van der Waals surface area contributed by atoms with Crippen LogP contribution < -0.4 is 5.73 Å². The van der Waals surface area contributed by atoms with Crippen LogP contribution in [0.15, 0.2) is 21.6 Å². The van der Waals surface area contributed by atoms with Gasteiger partial charge in [-0.3, -0.25) is 0 Å². The smallest absolute Gasteiger partial charge is 0.247 e. The van der Waals surface area contributed by atoms with Crippen molar-refractivity contribution in [3.63, 3.8) is 0 Å². The zero-order valence-electron chi connectivity index (χ0n) is 11.0. The molecule has 0 radical (unpaired) electrons. The van der Waals surface area contributed by atoms with Gasteiger partial charge in [-0.25, -0.2) is 13.4 Å². The van der Waals surface area contributed by atoms with Crippen LogP contribution in [0, 0.1) is 5.92 Å². The minimum Gasteiger partial charge on any atom is -0.383 e.